The number of thioether (sulfide) groups is 1. The summed E-state index contributed by atoms with van der Waals surface area (Å²) >= 11 is 2.77. The Morgan fingerprint density at radius 1 is 0.955 bits per heavy atom. The summed E-state index contributed by atoms with van der Waals surface area (Å²) in [7, 11) is 0. The molecule has 1 aromatic heterocycles. The van der Waals surface area contributed by atoms with Crippen LogP contribution in [0.1, 0.15) is 43.0 Å². The van der Waals surface area contributed by atoms with Gasteiger partial charge in [-0.3, -0.25) is 14.5 Å². The fraction of sp³-hybridized carbons (Fsp3) is 0.200. The second kappa shape index (κ2) is 13.0. The van der Waals surface area contributed by atoms with Crippen LogP contribution in [0.3, 0.4) is 0 Å². The molecule has 1 N–H and O–H groups in total. The molecule has 5 aromatic rings. The lowest BCUT2D eigenvalue weighted by Crippen LogP contribution is -2.29. The second-order valence-corrected chi connectivity index (χ2v) is 13.1. The number of ketones is 1. The highest BCUT2D eigenvalue weighted by Crippen LogP contribution is 2.44. The van der Waals surface area contributed by atoms with Crippen molar-refractivity contribution in [1.29, 1.82) is 0 Å². The lowest BCUT2D eigenvalue weighted by atomic mass is 9.95. The third-order valence-electron chi connectivity index (χ3n) is 7.46. The molecule has 7 nitrogen and oxygen atoms in total. The van der Waals surface area contributed by atoms with E-state index in [4.69, 9.17) is 4.74 Å². The van der Waals surface area contributed by atoms with Gasteiger partial charge in [0, 0.05) is 11.3 Å². The number of Topliss-reactive ketones (excluding diaryl/α,β-unsaturated/α-hetero) is 1. The fourth-order valence-corrected chi connectivity index (χ4v) is 7.07. The molecule has 1 fully saturated rings. The molecule has 1 unspecified atom stereocenters. The summed E-state index contributed by atoms with van der Waals surface area (Å²) in [5.41, 5.74) is 2.25. The van der Waals surface area contributed by atoms with Crippen molar-refractivity contribution in [2.24, 2.45) is 5.92 Å². The maximum Gasteiger partial charge on any atom is 0.301 e. The maximum atomic E-state index is 13.6. The number of hydrogen-bond donors (Lipinski definition) is 1. The molecule has 0 bridgehead atoms. The van der Waals surface area contributed by atoms with Crippen LogP contribution in [0, 0.1) is 5.92 Å². The van der Waals surface area contributed by atoms with Crippen molar-refractivity contribution in [3.05, 3.63) is 119 Å². The number of ether oxygens (including phenoxy) is 1. The topological polar surface area (TPSA) is 92.6 Å². The van der Waals surface area contributed by atoms with Gasteiger partial charge in [-0.15, -0.1) is 10.2 Å². The van der Waals surface area contributed by atoms with Crippen LogP contribution in [0.15, 0.2) is 107 Å². The van der Waals surface area contributed by atoms with Crippen molar-refractivity contribution in [2.75, 3.05) is 11.5 Å². The van der Waals surface area contributed by atoms with Crippen LogP contribution in [-0.4, -0.2) is 33.6 Å². The highest BCUT2D eigenvalue weighted by Gasteiger charge is 2.48. The minimum Gasteiger partial charge on any atom is -0.507 e. The average Bonchev–Trinajstić information content (AvgIpc) is 3.61. The van der Waals surface area contributed by atoms with Gasteiger partial charge in [0.2, 0.25) is 5.13 Å². The summed E-state index contributed by atoms with van der Waals surface area (Å²) in [6.45, 7) is 4.81. The number of carbonyl (C=O) groups is 2. The number of nitrogens with zero attached hydrogens (tertiary/aromatic N) is 3. The van der Waals surface area contributed by atoms with Gasteiger partial charge in [-0.25, -0.2) is 0 Å². The van der Waals surface area contributed by atoms with Gasteiger partial charge in [-0.05, 0) is 46.4 Å². The van der Waals surface area contributed by atoms with Crippen molar-refractivity contribution in [1.82, 2.24) is 10.2 Å². The van der Waals surface area contributed by atoms with E-state index < -0.39 is 17.7 Å². The van der Waals surface area contributed by atoms with Gasteiger partial charge in [0.1, 0.15) is 11.5 Å². The molecule has 0 spiro atoms. The van der Waals surface area contributed by atoms with Crippen molar-refractivity contribution in [3.8, 4) is 5.75 Å². The smallest absolute Gasteiger partial charge is 0.301 e. The number of benzene rings is 4. The van der Waals surface area contributed by atoms with Gasteiger partial charge in [0.25, 0.3) is 5.78 Å². The first kappa shape index (κ1) is 29.6. The molecule has 4 aromatic carbocycles. The molecule has 0 aliphatic carbocycles. The summed E-state index contributed by atoms with van der Waals surface area (Å²) in [5, 5.41) is 22.7. The molecule has 1 saturated heterocycles. The maximum absolute atomic E-state index is 13.6. The summed E-state index contributed by atoms with van der Waals surface area (Å²) in [4.78, 5) is 28.6. The molecular weight excluding hydrogens is 591 g/mol. The Hall–Kier alpha value is -4.47. The van der Waals surface area contributed by atoms with Gasteiger partial charge < -0.3 is 9.84 Å². The zero-order valence-electron chi connectivity index (χ0n) is 24.3. The Balaban J connectivity index is 1.35. The van der Waals surface area contributed by atoms with Gasteiger partial charge in [-0.2, -0.15) is 0 Å². The van der Waals surface area contributed by atoms with Crippen molar-refractivity contribution in [3.63, 3.8) is 0 Å². The van der Waals surface area contributed by atoms with E-state index in [0.29, 0.717) is 39.5 Å². The van der Waals surface area contributed by atoms with E-state index in [1.54, 1.807) is 24.3 Å². The van der Waals surface area contributed by atoms with Gasteiger partial charge in [-0.1, -0.05) is 122 Å². The first-order chi connectivity index (χ1) is 21.4. The van der Waals surface area contributed by atoms with E-state index in [9.17, 15) is 14.7 Å². The zero-order valence-corrected chi connectivity index (χ0v) is 26.0. The Labute approximate surface area is 264 Å². The quantitative estimate of drug-likeness (QED) is 0.0555. The zero-order chi connectivity index (χ0) is 30.6. The summed E-state index contributed by atoms with van der Waals surface area (Å²) in [5.74, 6) is 0.000952. The number of amides is 1. The number of hydrogen-bond acceptors (Lipinski definition) is 8. The SMILES string of the molecule is CC(C)CCOc1cccc(C2C(=C(O)c3ccccc3)C(=O)C(=O)N2c2nnc(SCc3cccc4ccccc34)s2)c1. The van der Waals surface area contributed by atoms with Crippen LogP contribution in [0.25, 0.3) is 16.5 Å². The van der Waals surface area contributed by atoms with Gasteiger partial charge in [0.15, 0.2) is 4.34 Å². The first-order valence-electron chi connectivity index (χ1n) is 14.4. The van der Waals surface area contributed by atoms with Crippen LogP contribution in [0.4, 0.5) is 5.13 Å². The fourth-order valence-electron chi connectivity index (χ4n) is 5.20. The van der Waals surface area contributed by atoms with Crippen LogP contribution in [-0.2, 0) is 15.3 Å². The van der Waals surface area contributed by atoms with Gasteiger partial charge in [0.05, 0.1) is 18.2 Å². The molecule has 222 valence electrons. The van der Waals surface area contributed by atoms with E-state index in [2.05, 4.69) is 48.3 Å². The molecule has 0 saturated carbocycles. The van der Waals surface area contributed by atoms with Crippen LogP contribution in [0.2, 0.25) is 0 Å². The minimum atomic E-state index is -0.910. The van der Waals surface area contributed by atoms with Crippen LogP contribution < -0.4 is 9.64 Å². The number of aliphatic hydroxyl groups is 1. The standard InChI is InChI=1S/C35H31N3O4S2/c1-22(2)18-19-42-27-16-9-14-25(20-27)30-29(31(39)24-11-4-3-5-12-24)32(40)33(41)38(30)34-36-37-35(44-34)43-21-26-15-8-13-23-10-6-7-17-28(23)26/h3-17,20,22,30,39H,18-19,21H2,1-2H3. The molecule has 0 radical (unpaired) electrons. The van der Waals surface area contributed by atoms with E-state index in [-0.39, 0.29) is 16.5 Å². The monoisotopic (exact) mass is 621 g/mol. The first-order valence-corrected chi connectivity index (χ1v) is 16.2. The highest BCUT2D eigenvalue weighted by molar-refractivity contribution is 8.00. The summed E-state index contributed by atoms with van der Waals surface area (Å²) in [6, 6.07) is 29.6. The third-order valence-corrected chi connectivity index (χ3v) is 9.57. The average molecular weight is 622 g/mol. The second-order valence-electron chi connectivity index (χ2n) is 10.9. The number of rotatable bonds is 10. The van der Waals surface area contributed by atoms with Crippen molar-refractivity contribution in [2.45, 2.75) is 36.4 Å². The molecule has 2 heterocycles. The number of aromatic nitrogens is 2. The molecular formula is C35H31N3O4S2. The molecule has 1 atom stereocenters. The predicted octanol–water partition coefficient (Wildman–Crippen LogP) is 8.03. The van der Waals surface area contributed by atoms with Gasteiger partial charge >= 0.3 is 5.91 Å². The number of carbonyl (C=O) groups excluding carboxylic acids is 2. The van der Waals surface area contributed by atoms with Crippen LogP contribution in [0.5, 0.6) is 5.75 Å². The van der Waals surface area contributed by atoms with E-state index in [1.165, 1.54) is 44.3 Å². The number of aliphatic hydroxyl groups excluding tert-OH is 1. The van der Waals surface area contributed by atoms with Crippen LogP contribution >= 0.6 is 23.1 Å². The van der Waals surface area contributed by atoms with Crippen molar-refractivity contribution >= 4 is 56.5 Å². The Kier molecular flexibility index (Phi) is 8.77. The van der Waals surface area contributed by atoms with E-state index >= 15 is 0 Å². The Morgan fingerprint density at radius 2 is 1.70 bits per heavy atom. The Morgan fingerprint density at radius 3 is 2.52 bits per heavy atom. The molecule has 1 aliphatic rings. The van der Waals surface area contributed by atoms with E-state index in [0.717, 1.165) is 6.42 Å². The van der Waals surface area contributed by atoms with Crippen molar-refractivity contribution < 1.29 is 19.4 Å². The predicted molar refractivity (Wildman–Crippen MR) is 176 cm³/mol. The number of anilines is 1. The number of fused-ring (bicyclic) bond motifs is 1. The highest BCUT2D eigenvalue weighted by atomic mass is 32.2. The minimum absolute atomic E-state index is 0.000638. The summed E-state index contributed by atoms with van der Waals surface area (Å²) in [6.07, 6.45) is 0.890. The third kappa shape index (κ3) is 6.11. The lowest BCUT2D eigenvalue weighted by molar-refractivity contribution is -0.132. The van der Waals surface area contributed by atoms with E-state index in [1.807, 2.05) is 48.5 Å². The summed E-state index contributed by atoms with van der Waals surface area (Å²) < 4.78 is 6.67. The molecule has 44 heavy (non-hydrogen) atoms. The molecule has 6 rings (SSSR count). The largest absolute Gasteiger partial charge is 0.507 e. The normalized spacial score (nSPS) is 16.2. The lowest BCUT2D eigenvalue weighted by Gasteiger charge is -2.23. The Bertz CT molecular complexity index is 1850. The molecule has 1 aliphatic heterocycles. The molecule has 1 amide bonds. The molecule has 9 heteroatoms.